The molecular weight excluding hydrogens is 284 g/mol. The smallest absolute Gasteiger partial charge is 0.161 e. The van der Waals surface area contributed by atoms with E-state index < -0.39 is 0 Å². The second-order valence-electron chi connectivity index (χ2n) is 4.76. The molecule has 0 saturated heterocycles. The molecule has 0 aliphatic carbocycles. The average molecular weight is 297 g/mol. The van der Waals surface area contributed by atoms with Gasteiger partial charge in [0.1, 0.15) is 0 Å². The fraction of sp³-hybridized carbons (Fsp3) is 0.0588. The van der Waals surface area contributed by atoms with E-state index in [1.54, 1.807) is 18.3 Å². The van der Waals surface area contributed by atoms with E-state index in [1.165, 1.54) is 6.92 Å². The fourth-order valence-electron chi connectivity index (χ4n) is 2.17. The Balaban J connectivity index is 1.97. The molecule has 0 atom stereocenters. The molecule has 2 aromatic carbocycles. The quantitative estimate of drug-likeness (QED) is 0.672. The number of aromatic nitrogens is 2. The van der Waals surface area contributed by atoms with Crippen LogP contribution in [0.5, 0.6) is 0 Å². The Bertz CT molecular complexity index is 794. The molecule has 0 spiro atoms. The van der Waals surface area contributed by atoms with Gasteiger partial charge in [0.15, 0.2) is 5.78 Å². The van der Waals surface area contributed by atoms with E-state index in [2.05, 4.69) is 5.10 Å². The fourth-order valence-corrected chi connectivity index (χ4v) is 2.49. The zero-order valence-electron chi connectivity index (χ0n) is 11.5. The molecule has 104 valence electrons. The largest absolute Gasteiger partial charge is 0.294 e. The van der Waals surface area contributed by atoms with Gasteiger partial charge in [-0.25, -0.2) is 4.68 Å². The average Bonchev–Trinajstić information content (AvgIpc) is 2.97. The van der Waals surface area contributed by atoms with Crippen molar-refractivity contribution in [1.82, 2.24) is 9.78 Å². The molecule has 0 amide bonds. The van der Waals surface area contributed by atoms with Crippen LogP contribution in [0.15, 0.2) is 60.9 Å². The molecule has 3 nitrogen and oxygen atoms in total. The summed E-state index contributed by atoms with van der Waals surface area (Å²) in [6.07, 6.45) is 3.72. The summed E-state index contributed by atoms with van der Waals surface area (Å²) in [7, 11) is 0. The summed E-state index contributed by atoms with van der Waals surface area (Å²) in [6.45, 7) is 1.51. The first kappa shape index (κ1) is 13.6. The number of nitrogens with zero attached hydrogens (tertiary/aromatic N) is 2. The van der Waals surface area contributed by atoms with Gasteiger partial charge in [-0.2, -0.15) is 5.10 Å². The van der Waals surface area contributed by atoms with Crippen LogP contribution >= 0.6 is 11.6 Å². The van der Waals surface area contributed by atoms with Crippen molar-refractivity contribution in [2.24, 2.45) is 0 Å². The van der Waals surface area contributed by atoms with Crippen LogP contribution in [0.4, 0.5) is 0 Å². The van der Waals surface area contributed by atoms with Gasteiger partial charge in [-0.1, -0.05) is 35.9 Å². The molecule has 0 aliphatic heterocycles. The Labute approximate surface area is 127 Å². The first-order valence-electron chi connectivity index (χ1n) is 6.56. The van der Waals surface area contributed by atoms with Gasteiger partial charge in [0.2, 0.25) is 0 Å². The number of carbonyl (C=O) groups is 1. The summed E-state index contributed by atoms with van der Waals surface area (Å²) in [6, 6.07) is 15.3. The highest BCUT2D eigenvalue weighted by atomic mass is 35.5. The minimum atomic E-state index is -0.0356. The van der Waals surface area contributed by atoms with Crippen molar-refractivity contribution in [3.63, 3.8) is 0 Å². The normalized spacial score (nSPS) is 10.6. The van der Waals surface area contributed by atoms with E-state index in [0.717, 1.165) is 16.8 Å². The Morgan fingerprint density at radius 3 is 2.52 bits per heavy atom. The van der Waals surface area contributed by atoms with E-state index >= 15 is 0 Å². The third kappa shape index (κ3) is 2.73. The second-order valence-corrected chi connectivity index (χ2v) is 5.17. The van der Waals surface area contributed by atoms with Crippen molar-refractivity contribution >= 4 is 17.4 Å². The lowest BCUT2D eigenvalue weighted by Gasteiger charge is -2.03. The Hall–Kier alpha value is -2.39. The SMILES string of the molecule is CC(=O)c1ccc(-c2cnn(-c3ccccc3)c2)cc1Cl. The first-order valence-corrected chi connectivity index (χ1v) is 6.94. The minimum absolute atomic E-state index is 0.0356. The van der Waals surface area contributed by atoms with Gasteiger partial charge in [-0.3, -0.25) is 4.79 Å². The molecule has 21 heavy (non-hydrogen) atoms. The van der Waals surface area contributed by atoms with Crippen molar-refractivity contribution in [2.75, 3.05) is 0 Å². The predicted molar refractivity (Wildman–Crippen MR) is 84.0 cm³/mol. The highest BCUT2D eigenvalue weighted by Gasteiger charge is 2.09. The number of para-hydroxylation sites is 1. The van der Waals surface area contributed by atoms with E-state index in [4.69, 9.17) is 11.6 Å². The number of hydrogen-bond donors (Lipinski definition) is 0. The van der Waals surface area contributed by atoms with Crippen LogP contribution in [0, 0.1) is 0 Å². The molecule has 0 fully saturated rings. The lowest BCUT2D eigenvalue weighted by Crippen LogP contribution is -1.93. The molecule has 1 heterocycles. The lowest BCUT2D eigenvalue weighted by atomic mass is 10.1. The molecule has 3 rings (SSSR count). The van der Waals surface area contributed by atoms with Crippen LogP contribution < -0.4 is 0 Å². The molecule has 0 bridgehead atoms. The number of Topliss-reactive ketones (excluding diaryl/α,β-unsaturated/α-hetero) is 1. The summed E-state index contributed by atoms with van der Waals surface area (Å²) in [4.78, 5) is 11.4. The minimum Gasteiger partial charge on any atom is -0.294 e. The van der Waals surface area contributed by atoms with Gasteiger partial charge >= 0.3 is 0 Å². The van der Waals surface area contributed by atoms with Crippen LogP contribution in [0.3, 0.4) is 0 Å². The van der Waals surface area contributed by atoms with Gasteiger partial charge in [0.05, 0.1) is 16.9 Å². The molecule has 0 saturated carbocycles. The summed E-state index contributed by atoms with van der Waals surface area (Å²) in [5.41, 5.74) is 3.43. The Morgan fingerprint density at radius 1 is 1.10 bits per heavy atom. The highest BCUT2D eigenvalue weighted by molar-refractivity contribution is 6.34. The number of benzene rings is 2. The van der Waals surface area contributed by atoms with Crippen molar-refractivity contribution < 1.29 is 4.79 Å². The van der Waals surface area contributed by atoms with Crippen molar-refractivity contribution in [2.45, 2.75) is 6.92 Å². The Morgan fingerprint density at radius 2 is 1.86 bits per heavy atom. The zero-order chi connectivity index (χ0) is 14.8. The van der Waals surface area contributed by atoms with Crippen molar-refractivity contribution in [3.8, 4) is 16.8 Å². The first-order chi connectivity index (χ1) is 10.1. The van der Waals surface area contributed by atoms with Crippen molar-refractivity contribution in [1.29, 1.82) is 0 Å². The van der Waals surface area contributed by atoms with Crippen LogP contribution in [0.1, 0.15) is 17.3 Å². The summed E-state index contributed by atoms with van der Waals surface area (Å²) < 4.78 is 1.81. The van der Waals surface area contributed by atoms with Crippen LogP contribution in [0.2, 0.25) is 5.02 Å². The van der Waals surface area contributed by atoms with Crippen LogP contribution in [-0.2, 0) is 0 Å². The van der Waals surface area contributed by atoms with Crippen LogP contribution in [-0.4, -0.2) is 15.6 Å². The van der Waals surface area contributed by atoms with E-state index in [1.807, 2.05) is 47.3 Å². The van der Waals surface area contributed by atoms with E-state index in [0.29, 0.717) is 10.6 Å². The van der Waals surface area contributed by atoms with E-state index in [-0.39, 0.29) is 5.78 Å². The molecule has 0 radical (unpaired) electrons. The number of carbonyl (C=O) groups excluding carboxylic acids is 1. The number of ketones is 1. The standard InChI is InChI=1S/C17H13ClN2O/c1-12(21)16-8-7-13(9-17(16)18)14-10-19-20(11-14)15-5-3-2-4-6-15/h2-11H,1H3. The maximum Gasteiger partial charge on any atom is 0.161 e. The maximum atomic E-state index is 11.4. The summed E-state index contributed by atoms with van der Waals surface area (Å²) in [5.74, 6) is -0.0356. The van der Waals surface area contributed by atoms with Gasteiger partial charge < -0.3 is 0 Å². The van der Waals surface area contributed by atoms with Crippen LogP contribution in [0.25, 0.3) is 16.8 Å². The molecule has 4 heteroatoms. The monoisotopic (exact) mass is 296 g/mol. The summed E-state index contributed by atoms with van der Waals surface area (Å²) in [5, 5.41) is 4.82. The predicted octanol–water partition coefficient (Wildman–Crippen LogP) is 4.40. The second kappa shape index (κ2) is 5.54. The number of halogens is 1. The molecule has 0 N–H and O–H groups in total. The van der Waals surface area contributed by atoms with E-state index in [9.17, 15) is 4.79 Å². The highest BCUT2D eigenvalue weighted by Crippen LogP contribution is 2.26. The number of rotatable bonds is 3. The maximum absolute atomic E-state index is 11.4. The third-order valence-electron chi connectivity index (χ3n) is 3.29. The molecule has 0 unspecified atom stereocenters. The molecule has 3 aromatic rings. The Kier molecular flexibility index (Phi) is 3.59. The zero-order valence-corrected chi connectivity index (χ0v) is 12.2. The van der Waals surface area contributed by atoms with Gasteiger partial charge in [0, 0.05) is 17.3 Å². The van der Waals surface area contributed by atoms with Gasteiger partial charge in [-0.15, -0.1) is 0 Å². The number of hydrogen-bond acceptors (Lipinski definition) is 2. The third-order valence-corrected chi connectivity index (χ3v) is 3.60. The topological polar surface area (TPSA) is 34.9 Å². The molecule has 1 aromatic heterocycles. The molecular formula is C17H13ClN2O. The molecule has 0 aliphatic rings. The van der Waals surface area contributed by atoms with Gasteiger partial charge in [0.25, 0.3) is 0 Å². The lowest BCUT2D eigenvalue weighted by molar-refractivity contribution is 0.101. The summed E-state index contributed by atoms with van der Waals surface area (Å²) >= 11 is 6.15. The van der Waals surface area contributed by atoms with Gasteiger partial charge in [-0.05, 0) is 36.8 Å². The van der Waals surface area contributed by atoms with Crippen molar-refractivity contribution in [3.05, 3.63) is 71.5 Å².